The van der Waals surface area contributed by atoms with Gasteiger partial charge in [0.25, 0.3) is 5.91 Å². The maximum Gasteiger partial charge on any atom is 0.336 e. The number of amides is 1. The number of rotatable bonds is 8. The molecule has 0 radical (unpaired) electrons. The van der Waals surface area contributed by atoms with Gasteiger partial charge in [0.1, 0.15) is 11.3 Å². The number of hydrogen-bond acceptors (Lipinski definition) is 4. The average molecular weight is 365 g/mol. The van der Waals surface area contributed by atoms with E-state index in [1.807, 2.05) is 36.4 Å². The van der Waals surface area contributed by atoms with E-state index in [0.29, 0.717) is 17.9 Å². The van der Waals surface area contributed by atoms with Gasteiger partial charge in [-0.25, -0.2) is 4.79 Å². The first-order valence-electron chi connectivity index (χ1n) is 9.16. The third kappa shape index (κ3) is 5.20. The molecule has 0 aliphatic heterocycles. The fraction of sp³-hybridized carbons (Fsp3) is 0.273. The van der Waals surface area contributed by atoms with E-state index in [-0.39, 0.29) is 18.1 Å². The third-order valence-electron chi connectivity index (χ3n) is 4.27. The highest BCUT2D eigenvalue weighted by Crippen LogP contribution is 2.23. The van der Waals surface area contributed by atoms with Gasteiger partial charge in [0, 0.05) is 24.1 Å². The Morgan fingerprint density at radius 3 is 2.67 bits per heavy atom. The van der Waals surface area contributed by atoms with Crippen LogP contribution in [0.5, 0.6) is 5.75 Å². The van der Waals surface area contributed by atoms with Crippen molar-refractivity contribution in [1.29, 1.82) is 0 Å². The molecule has 0 fully saturated rings. The summed E-state index contributed by atoms with van der Waals surface area (Å²) in [5.74, 6) is 0.310. The van der Waals surface area contributed by atoms with Gasteiger partial charge in [-0.1, -0.05) is 43.7 Å². The summed E-state index contributed by atoms with van der Waals surface area (Å²) >= 11 is 0. The van der Waals surface area contributed by atoms with Gasteiger partial charge in [0.05, 0.1) is 0 Å². The highest BCUT2D eigenvalue weighted by molar-refractivity contribution is 5.82. The number of ether oxygens (including phenoxy) is 1. The lowest BCUT2D eigenvalue weighted by atomic mass is 10.1. The predicted molar refractivity (Wildman–Crippen MR) is 105 cm³/mol. The van der Waals surface area contributed by atoms with Crippen molar-refractivity contribution in [2.24, 2.45) is 0 Å². The van der Waals surface area contributed by atoms with Crippen molar-refractivity contribution in [3.63, 3.8) is 0 Å². The molecule has 1 amide bonds. The standard InChI is InChI=1S/C22H23NO4/c1-2-6-17-13-22(25)27-20-14-18(9-10-19(17)20)26-15-21(24)23-12-11-16-7-4-3-5-8-16/h3-5,7-10,13-14H,2,6,11-12,15H2,1H3,(H,23,24). The Morgan fingerprint density at radius 2 is 1.89 bits per heavy atom. The number of fused-ring (bicyclic) bond motifs is 1. The lowest BCUT2D eigenvalue weighted by Crippen LogP contribution is -2.30. The highest BCUT2D eigenvalue weighted by Gasteiger charge is 2.08. The number of nitrogens with one attached hydrogen (secondary N) is 1. The Bertz CT molecular complexity index is 963. The van der Waals surface area contributed by atoms with Crippen molar-refractivity contribution in [1.82, 2.24) is 5.32 Å². The summed E-state index contributed by atoms with van der Waals surface area (Å²) in [6.07, 6.45) is 2.53. The SMILES string of the molecule is CCCc1cc(=O)oc2cc(OCC(=O)NCCc3ccccc3)ccc12. The molecule has 3 rings (SSSR count). The molecule has 1 N–H and O–H groups in total. The topological polar surface area (TPSA) is 68.5 Å². The monoisotopic (exact) mass is 365 g/mol. The molecule has 0 spiro atoms. The molecule has 0 saturated heterocycles. The summed E-state index contributed by atoms with van der Waals surface area (Å²) in [4.78, 5) is 23.7. The fourth-order valence-electron chi connectivity index (χ4n) is 2.97. The van der Waals surface area contributed by atoms with Crippen molar-refractivity contribution in [2.75, 3.05) is 13.2 Å². The van der Waals surface area contributed by atoms with Crippen LogP contribution in [0, 0.1) is 0 Å². The molecule has 0 aliphatic carbocycles. The predicted octanol–water partition coefficient (Wildman–Crippen LogP) is 3.48. The fourth-order valence-corrected chi connectivity index (χ4v) is 2.97. The first-order chi connectivity index (χ1) is 13.2. The first-order valence-corrected chi connectivity index (χ1v) is 9.16. The molecule has 140 valence electrons. The van der Waals surface area contributed by atoms with E-state index in [2.05, 4.69) is 12.2 Å². The molecule has 0 saturated carbocycles. The molecule has 0 aliphatic rings. The summed E-state index contributed by atoms with van der Waals surface area (Å²) < 4.78 is 10.8. The summed E-state index contributed by atoms with van der Waals surface area (Å²) in [5.41, 5.74) is 2.25. The van der Waals surface area contributed by atoms with Gasteiger partial charge in [0.2, 0.25) is 0 Å². The van der Waals surface area contributed by atoms with Crippen LogP contribution in [0.3, 0.4) is 0 Å². The minimum Gasteiger partial charge on any atom is -0.484 e. The molecular weight excluding hydrogens is 342 g/mol. The van der Waals surface area contributed by atoms with Gasteiger partial charge in [0.15, 0.2) is 6.61 Å². The van der Waals surface area contributed by atoms with Crippen LogP contribution in [-0.2, 0) is 17.6 Å². The van der Waals surface area contributed by atoms with Gasteiger partial charge in [-0.2, -0.15) is 0 Å². The second-order valence-corrected chi connectivity index (χ2v) is 6.37. The molecule has 3 aromatic rings. The normalized spacial score (nSPS) is 10.7. The summed E-state index contributed by atoms with van der Waals surface area (Å²) in [6.45, 7) is 2.53. The molecule has 5 nitrogen and oxygen atoms in total. The lowest BCUT2D eigenvalue weighted by Gasteiger charge is -2.09. The van der Waals surface area contributed by atoms with Crippen molar-refractivity contribution in [3.8, 4) is 5.75 Å². The van der Waals surface area contributed by atoms with Crippen LogP contribution in [0.15, 0.2) is 63.8 Å². The molecule has 0 atom stereocenters. The van der Waals surface area contributed by atoms with Crippen LogP contribution >= 0.6 is 0 Å². The second-order valence-electron chi connectivity index (χ2n) is 6.37. The van der Waals surface area contributed by atoms with Gasteiger partial charge in [-0.05, 0) is 36.1 Å². The van der Waals surface area contributed by atoms with Crippen molar-refractivity contribution < 1.29 is 13.9 Å². The number of aryl methyl sites for hydroxylation is 1. The minimum absolute atomic E-state index is 0.0841. The van der Waals surface area contributed by atoms with Crippen LogP contribution in [0.4, 0.5) is 0 Å². The zero-order valence-corrected chi connectivity index (χ0v) is 15.4. The number of benzene rings is 2. The molecular formula is C22H23NO4. The van der Waals surface area contributed by atoms with E-state index in [0.717, 1.165) is 30.2 Å². The third-order valence-corrected chi connectivity index (χ3v) is 4.27. The molecule has 1 heterocycles. The quantitative estimate of drug-likeness (QED) is 0.621. The molecule has 5 heteroatoms. The van der Waals surface area contributed by atoms with E-state index in [1.165, 1.54) is 11.6 Å². The number of carbonyl (C=O) groups excluding carboxylic acids is 1. The summed E-state index contributed by atoms with van der Waals surface area (Å²) in [6, 6.07) is 16.8. The Hall–Kier alpha value is -3.08. The van der Waals surface area contributed by atoms with E-state index < -0.39 is 0 Å². The molecule has 0 unspecified atom stereocenters. The molecule has 2 aromatic carbocycles. The van der Waals surface area contributed by atoms with Crippen LogP contribution < -0.4 is 15.7 Å². The average Bonchev–Trinajstić information content (AvgIpc) is 2.67. The van der Waals surface area contributed by atoms with Gasteiger partial charge in [-0.15, -0.1) is 0 Å². The summed E-state index contributed by atoms with van der Waals surface area (Å²) in [7, 11) is 0. The van der Waals surface area contributed by atoms with Crippen LogP contribution in [0.25, 0.3) is 11.0 Å². The van der Waals surface area contributed by atoms with E-state index >= 15 is 0 Å². The smallest absolute Gasteiger partial charge is 0.336 e. The van der Waals surface area contributed by atoms with Gasteiger partial charge in [-0.3, -0.25) is 4.79 Å². The van der Waals surface area contributed by atoms with E-state index in [1.54, 1.807) is 12.1 Å². The number of hydrogen-bond donors (Lipinski definition) is 1. The Balaban J connectivity index is 1.56. The first kappa shape index (κ1) is 18.7. The van der Waals surface area contributed by atoms with Crippen molar-refractivity contribution >= 4 is 16.9 Å². The van der Waals surface area contributed by atoms with E-state index in [4.69, 9.17) is 9.15 Å². The molecule has 1 aromatic heterocycles. The zero-order valence-electron chi connectivity index (χ0n) is 15.4. The highest BCUT2D eigenvalue weighted by atomic mass is 16.5. The Morgan fingerprint density at radius 1 is 1.07 bits per heavy atom. The largest absolute Gasteiger partial charge is 0.484 e. The van der Waals surface area contributed by atoms with Crippen LogP contribution in [0.1, 0.15) is 24.5 Å². The van der Waals surface area contributed by atoms with Crippen LogP contribution in [-0.4, -0.2) is 19.1 Å². The number of carbonyl (C=O) groups is 1. The van der Waals surface area contributed by atoms with Crippen molar-refractivity contribution in [2.45, 2.75) is 26.2 Å². The molecule has 0 bridgehead atoms. The maximum absolute atomic E-state index is 12.0. The van der Waals surface area contributed by atoms with Gasteiger partial charge < -0.3 is 14.5 Å². The minimum atomic E-state index is -0.373. The summed E-state index contributed by atoms with van der Waals surface area (Å²) in [5, 5.41) is 3.74. The maximum atomic E-state index is 12.0. The molecule has 27 heavy (non-hydrogen) atoms. The zero-order chi connectivity index (χ0) is 19.1. The Kier molecular flexibility index (Phi) is 6.26. The van der Waals surface area contributed by atoms with E-state index in [9.17, 15) is 9.59 Å². The van der Waals surface area contributed by atoms with Crippen molar-refractivity contribution in [3.05, 3.63) is 76.1 Å². The lowest BCUT2D eigenvalue weighted by molar-refractivity contribution is -0.123. The van der Waals surface area contributed by atoms with Crippen LogP contribution in [0.2, 0.25) is 0 Å². The van der Waals surface area contributed by atoms with Gasteiger partial charge >= 0.3 is 5.63 Å². The Labute approximate surface area is 158 Å². The second kappa shape index (κ2) is 9.03.